The van der Waals surface area contributed by atoms with Crippen LogP contribution in [0.2, 0.25) is 0 Å². The van der Waals surface area contributed by atoms with Crippen LogP contribution in [0.5, 0.6) is 0 Å². The van der Waals surface area contributed by atoms with Gasteiger partial charge in [-0.1, -0.05) is 0 Å². The summed E-state index contributed by atoms with van der Waals surface area (Å²) >= 11 is 3.05. The lowest BCUT2D eigenvalue weighted by molar-refractivity contribution is -0.140. The van der Waals surface area contributed by atoms with Gasteiger partial charge in [0.2, 0.25) is 0 Å². The number of rotatable bonds is 3. The molecule has 0 unspecified atom stereocenters. The van der Waals surface area contributed by atoms with Crippen molar-refractivity contribution in [3.63, 3.8) is 0 Å². The number of aryl methyl sites for hydroxylation is 1. The van der Waals surface area contributed by atoms with E-state index in [4.69, 9.17) is 5.11 Å². The Labute approximate surface area is 113 Å². The maximum Gasteiger partial charge on any atom is 0.327 e. The van der Waals surface area contributed by atoms with Gasteiger partial charge in [-0.05, 0) is 28.8 Å². The molecule has 1 atom stereocenters. The number of hydrogen-bond donors (Lipinski definition) is 2. The van der Waals surface area contributed by atoms with Gasteiger partial charge in [-0.15, -0.1) is 11.8 Å². The summed E-state index contributed by atoms with van der Waals surface area (Å²) in [6.45, 7) is 2.44. The van der Waals surface area contributed by atoms with Crippen LogP contribution in [-0.2, 0) is 11.3 Å². The highest BCUT2D eigenvalue weighted by molar-refractivity contribution is 7.99. The Hall–Kier alpha value is -1.21. The second-order valence-electron chi connectivity index (χ2n) is 4.06. The lowest BCUT2D eigenvalue weighted by Crippen LogP contribution is -2.46. The molecular weight excluding hydrogens is 272 g/mol. The molecule has 2 N–H and O–H groups in total. The standard InChI is InChI=1S/C11H14N2O3S2/c1-7-3-17-4-8(7)2-12-11(16)13-6-18-5-9(13)10(14)15/h3-4,9H,2,5-6H2,1H3,(H,12,16)(H,14,15)/t9-/m0/s1. The first-order valence-electron chi connectivity index (χ1n) is 5.46. The minimum atomic E-state index is -0.943. The van der Waals surface area contributed by atoms with Crippen LogP contribution in [-0.4, -0.2) is 39.7 Å². The van der Waals surface area contributed by atoms with Crippen molar-refractivity contribution >= 4 is 35.1 Å². The summed E-state index contributed by atoms with van der Waals surface area (Å²) in [4.78, 5) is 24.2. The summed E-state index contributed by atoms with van der Waals surface area (Å²) in [5, 5.41) is 15.8. The number of nitrogens with zero attached hydrogens (tertiary/aromatic N) is 1. The average molecular weight is 286 g/mol. The molecule has 0 aromatic carbocycles. The number of urea groups is 1. The number of carbonyl (C=O) groups is 2. The molecular formula is C11H14N2O3S2. The van der Waals surface area contributed by atoms with Crippen LogP contribution in [0.1, 0.15) is 11.1 Å². The molecule has 18 heavy (non-hydrogen) atoms. The van der Waals surface area contributed by atoms with Crippen molar-refractivity contribution in [3.8, 4) is 0 Å². The van der Waals surface area contributed by atoms with Gasteiger partial charge in [-0.3, -0.25) is 0 Å². The Morgan fingerprint density at radius 3 is 2.94 bits per heavy atom. The number of aliphatic carboxylic acids is 1. The van der Waals surface area contributed by atoms with Gasteiger partial charge in [0.1, 0.15) is 6.04 Å². The largest absolute Gasteiger partial charge is 0.480 e. The molecule has 2 heterocycles. The van der Waals surface area contributed by atoms with E-state index in [9.17, 15) is 9.59 Å². The Morgan fingerprint density at radius 2 is 2.33 bits per heavy atom. The van der Waals surface area contributed by atoms with E-state index in [1.165, 1.54) is 16.7 Å². The molecule has 1 saturated heterocycles. The topological polar surface area (TPSA) is 69.6 Å². The highest BCUT2D eigenvalue weighted by Gasteiger charge is 2.34. The number of thiophene rings is 1. The fraction of sp³-hybridized carbons (Fsp3) is 0.455. The lowest BCUT2D eigenvalue weighted by atomic mass is 10.2. The SMILES string of the molecule is Cc1cscc1CNC(=O)N1CSC[C@H]1C(=O)O. The van der Waals surface area contributed by atoms with E-state index in [0.717, 1.165) is 11.1 Å². The average Bonchev–Trinajstić information content (AvgIpc) is 2.94. The minimum absolute atomic E-state index is 0.307. The summed E-state index contributed by atoms with van der Waals surface area (Å²) in [6, 6.07) is -1.02. The summed E-state index contributed by atoms with van der Waals surface area (Å²) in [5.74, 6) is -0.0482. The van der Waals surface area contributed by atoms with Gasteiger partial charge < -0.3 is 15.3 Å². The molecule has 1 aromatic heterocycles. The van der Waals surface area contributed by atoms with Gasteiger partial charge in [0, 0.05) is 12.3 Å². The molecule has 1 fully saturated rings. The summed E-state index contributed by atoms with van der Waals surface area (Å²) in [5.41, 5.74) is 2.22. The highest BCUT2D eigenvalue weighted by atomic mass is 32.2. The smallest absolute Gasteiger partial charge is 0.327 e. The van der Waals surface area contributed by atoms with E-state index in [-0.39, 0.29) is 6.03 Å². The number of carboxylic acids is 1. The zero-order chi connectivity index (χ0) is 13.1. The van der Waals surface area contributed by atoms with Gasteiger partial charge in [0.05, 0.1) is 5.88 Å². The van der Waals surface area contributed by atoms with Crippen molar-refractivity contribution in [2.75, 3.05) is 11.6 Å². The van der Waals surface area contributed by atoms with Crippen LogP contribution in [0.15, 0.2) is 10.8 Å². The first-order chi connectivity index (χ1) is 8.59. The molecule has 0 saturated carbocycles. The Kier molecular flexibility index (Phi) is 4.13. The van der Waals surface area contributed by atoms with E-state index in [0.29, 0.717) is 18.2 Å². The van der Waals surface area contributed by atoms with Crippen LogP contribution in [0, 0.1) is 6.92 Å². The van der Waals surface area contributed by atoms with Gasteiger partial charge in [0.15, 0.2) is 0 Å². The predicted molar refractivity (Wildman–Crippen MR) is 71.9 cm³/mol. The van der Waals surface area contributed by atoms with Crippen molar-refractivity contribution in [1.29, 1.82) is 0 Å². The zero-order valence-electron chi connectivity index (χ0n) is 9.88. The maximum absolute atomic E-state index is 11.9. The van der Waals surface area contributed by atoms with Gasteiger partial charge >= 0.3 is 12.0 Å². The Bertz CT molecular complexity index is 461. The molecule has 1 aliphatic heterocycles. The van der Waals surface area contributed by atoms with Crippen molar-refractivity contribution in [3.05, 3.63) is 21.9 Å². The lowest BCUT2D eigenvalue weighted by Gasteiger charge is -2.20. The predicted octanol–water partition coefficient (Wildman–Crippen LogP) is 1.73. The van der Waals surface area contributed by atoms with Crippen LogP contribution < -0.4 is 5.32 Å². The third-order valence-electron chi connectivity index (χ3n) is 2.82. The molecule has 2 amide bonds. The molecule has 0 bridgehead atoms. The monoisotopic (exact) mass is 286 g/mol. The van der Waals surface area contributed by atoms with Gasteiger partial charge in [-0.25, -0.2) is 9.59 Å². The molecule has 0 spiro atoms. The third kappa shape index (κ3) is 2.78. The number of thioether (sulfide) groups is 1. The number of carbonyl (C=O) groups excluding carboxylic acids is 1. The van der Waals surface area contributed by atoms with E-state index in [2.05, 4.69) is 5.32 Å². The van der Waals surface area contributed by atoms with Crippen LogP contribution in [0.4, 0.5) is 4.79 Å². The van der Waals surface area contributed by atoms with E-state index in [1.54, 1.807) is 11.3 Å². The quantitative estimate of drug-likeness (QED) is 0.888. The second-order valence-corrected chi connectivity index (χ2v) is 5.81. The number of hydrogen-bond acceptors (Lipinski definition) is 4. The zero-order valence-corrected chi connectivity index (χ0v) is 11.5. The van der Waals surface area contributed by atoms with Crippen molar-refractivity contribution in [2.45, 2.75) is 19.5 Å². The van der Waals surface area contributed by atoms with Crippen LogP contribution in [0.25, 0.3) is 0 Å². The van der Waals surface area contributed by atoms with E-state index < -0.39 is 12.0 Å². The molecule has 98 valence electrons. The Balaban J connectivity index is 1.92. The number of carboxylic acid groups (broad SMARTS) is 1. The van der Waals surface area contributed by atoms with Gasteiger partial charge in [0.25, 0.3) is 0 Å². The first kappa shape index (κ1) is 13.2. The fourth-order valence-corrected chi connectivity index (χ4v) is 3.69. The van der Waals surface area contributed by atoms with Crippen molar-refractivity contribution in [1.82, 2.24) is 10.2 Å². The van der Waals surface area contributed by atoms with E-state index >= 15 is 0 Å². The molecule has 5 nitrogen and oxygen atoms in total. The van der Waals surface area contributed by atoms with Crippen LogP contribution in [0.3, 0.4) is 0 Å². The number of nitrogens with one attached hydrogen (secondary N) is 1. The van der Waals surface area contributed by atoms with E-state index in [1.807, 2.05) is 17.7 Å². The molecule has 2 rings (SSSR count). The molecule has 1 aliphatic rings. The fourth-order valence-electron chi connectivity index (χ4n) is 1.69. The highest BCUT2D eigenvalue weighted by Crippen LogP contribution is 2.21. The summed E-state index contributed by atoms with van der Waals surface area (Å²) in [6.07, 6.45) is 0. The maximum atomic E-state index is 11.9. The minimum Gasteiger partial charge on any atom is -0.480 e. The van der Waals surface area contributed by atoms with Crippen molar-refractivity contribution in [2.24, 2.45) is 0 Å². The summed E-state index contributed by atoms with van der Waals surface area (Å²) < 4.78 is 0. The van der Waals surface area contributed by atoms with Gasteiger partial charge in [-0.2, -0.15) is 11.3 Å². The molecule has 0 radical (unpaired) electrons. The van der Waals surface area contributed by atoms with Crippen LogP contribution >= 0.6 is 23.1 Å². The second kappa shape index (κ2) is 5.62. The molecule has 0 aliphatic carbocycles. The normalized spacial score (nSPS) is 18.9. The summed E-state index contributed by atoms with van der Waals surface area (Å²) in [7, 11) is 0. The Morgan fingerprint density at radius 1 is 1.56 bits per heavy atom. The number of amides is 2. The molecule has 1 aromatic rings. The third-order valence-corrected chi connectivity index (χ3v) is 4.74. The van der Waals surface area contributed by atoms with Crippen molar-refractivity contribution < 1.29 is 14.7 Å². The first-order valence-corrected chi connectivity index (χ1v) is 7.56. The molecule has 7 heteroatoms.